The smallest absolute Gasteiger partial charge is 0.158 e. The van der Waals surface area contributed by atoms with E-state index in [1.165, 1.54) is 52.5 Å². The summed E-state index contributed by atoms with van der Waals surface area (Å²) in [5, 5.41) is 1.27. The molecule has 0 saturated carbocycles. The van der Waals surface area contributed by atoms with Gasteiger partial charge in [0.1, 0.15) is 0 Å². The van der Waals surface area contributed by atoms with Crippen molar-refractivity contribution in [3.05, 3.63) is 46.2 Å². The summed E-state index contributed by atoms with van der Waals surface area (Å²) >= 11 is 0. The molecule has 0 N–H and O–H groups in total. The first-order valence-corrected chi connectivity index (χ1v) is 10.2. The summed E-state index contributed by atoms with van der Waals surface area (Å²) in [6.07, 6.45) is 9.40. The van der Waals surface area contributed by atoms with Crippen molar-refractivity contribution < 1.29 is 4.79 Å². The Morgan fingerprint density at radius 2 is 2.04 bits per heavy atom. The third-order valence-corrected chi connectivity index (χ3v) is 6.83. The fourth-order valence-electron chi connectivity index (χ4n) is 5.37. The third kappa shape index (κ3) is 2.38. The second kappa shape index (κ2) is 6.33. The molecule has 2 heteroatoms. The van der Waals surface area contributed by atoms with Crippen LogP contribution in [-0.2, 0) is 17.6 Å². The zero-order valence-electron chi connectivity index (χ0n) is 16.5. The Balaban J connectivity index is 2.01. The number of rotatable bonds is 4. The Hall–Kier alpha value is -1.96. The van der Waals surface area contributed by atoms with Crippen molar-refractivity contribution in [3.63, 3.8) is 0 Å². The van der Waals surface area contributed by atoms with Gasteiger partial charge in [-0.15, -0.1) is 0 Å². The predicted octanol–water partition coefficient (Wildman–Crippen LogP) is 5.97. The maximum absolute atomic E-state index is 12.6. The van der Waals surface area contributed by atoms with E-state index in [1.54, 1.807) is 0 Å². The van der Waals surface area contributed by atoms with Crippen LogP contribution in [0.1, 0.15) is 75.1 Å². The molecule has 1 unspecified atom stereocenters. The molecule has 2 aromatic rings. The summed E-state index contributed by atoms with van der Waals surface area (Å²) < 4.78 is 0. The molecule has 2 aliphatic rings. The highest BCUT2D eigenvalue weighted by Gasteiger charge is 2.46. The number of carbonyl (C=O) groups excluding carboxylic acids is 1. The van der Waals surface area contributed by atoms with Gasteiger partial charge in [-0.25, -0.2) is 0 Å². The molecule has 4 rings (SSSR count). The average molecular weight is 348 g/mol. The quantitative estimate of drug-likeness (QED) is 0.681. The topological polar surface area (TPSA) is 30.0 Å². The molecule has 0 aliphatic heterocycles. The average Bonchev–Trinajstić information content (AvgIpc) is 2.99. The number of benzene rings is 1. The standard InChI is InChI=1S/C24H29NO/c1-5-7-10-24-11-8-21(26)16(4)22(24)19-13-18-17(6-2)9-12-25-23(18)15(3)20(19)14-24/h9,12-13H,5-8,10-11,14H2,1-4H3. The van der Waals surface area contributed by atoms with Crippen molar-refractivity contribution in [2.75, 3.05) is 0 Å². The molecule has 2 aliphatic carbocycles. The molecule has 0 fully saturated rings. The molecule has 136 valence electrons. The van der Waals surface area contributed by atoms with E-state index in [4.69, 9.17) is 4.98 Å². The number of allylic oxidation sites excluding steroid dienone is 2. The largest absolute Gasteiger partial charge is 0.295 e. The summed E-state index contributed by atoms with van der Waals surface area (Å²) in [5.74, 6) is 0.347. The van der Waals surface area contributed by atoms with Gasteiger partial charge in [-0.3, -0.25) is 9.78 Å². The van der Waals surface area contributed by atoms with E-state index in [2.05, 4.69) is 39.8 Å². The second-order valence-electron chi connectivity index (χ2n) is 8.23. The number of hydrogen-bond acceptors (Lipinski definition) is 2. The SMILES string of the molecule is CCCCC12CCC(=O)C(C)=C1c1cc3c(CC)ccnc3c(C)c1C2. The van der Waals surface area contributed by atoms with Gasteiger partial charge in [-0.05, 0) is 85.1 Å². The number of pyridine rings is 1. The normalized spacial score (nSPS) is 22.1. The van der Waals surface area contributed by atoms with Crippen LogP contribution < -0.4 is 0 Å². The van der Waals surface area contributed by atoms with Gasteiger partial charge < -0.3 is 0 Å². The lowest BCUT2D eigenvalue weighted by Gasteiger charge is -2.36. The molecule has 2 nitrogen and oxygen atoms in total. The summed E-state index contributed by atoms with van der Waals surface area (Å²) in [6, 6.07) is 4.50. The van der Waals surface area contributed by atoms with Crippen LogP contribution in [0.2, 0.25) is 0 Å². The fraction of sp³-hybridized carbons (Fsp3) is 0.500. The first kappa shape index (κ1) is 17.5. The zero-order chi connectivity index (χ0) is 18.5. The Kier molecular flexibility index (Phi) is 4.25. The van der Waals surface area contributed by atoms with Gasteiger partial charge in [-0.1, -0.05) is 26.7 Å². The monoisotopic (exact) mass is 347 g/mol. The van der Waals surface area contributed by atoms with Crippen LogP contribution in [0.15, 0.2) is 23.9 Å². The summed E-state index contributed by atoms with van der Waals surface area (Å²) in [4.78, 5) is 17.3. The molecule has 1 aromatic heterocycles. The summed E-state index contributed by atoms with van der Waals surface area (Å²) in [6.45, 7) is 8.77. The van der Waals surface area contributed by atoms with Gasteiger partial charge in [-0.2, -0.15) is 0 Å². The van der Waals surface area contributed by atoms with Crippen molar-refractivity contribution >= 4 is 22.3 Å². The molecular weight excluding hydrogens is 318 g/mol. The number of nitrogens with zero attached hydrogens (tertiary/aromatic N) is 1. The molecule has 0 saturated heterocycles. The molecule has 0 spiro atoms. The number of unbranched alkanes of at least 4 members (excludes halogenated alkanes) is 1. The van der Waals surface area contributed by atoms with Crippen LogP contribution in [0.25, 0.3) is 16.5 Å². The Morgan fingerprint density at radius 3 is 2.77 bits per heavy atom. The Morgan fingerprint density at radius 1 is 1.23 bits per heavy atom. The number of Topliss-reactive ketones (excluding diaryl/α,β-unsaturated/α-hetero) is 1. The highest BCUT2D eigenvalue weighted by atomic mass is 16.1. The molecule has 0 amide bonds. The van der Waals surface area contributed by atoms with Gasteiger partial charge in [0, 0.05) is 23.4 Å². The maximum atomic E-state index is 12.6. The van der Waals surface area contributed by atoms with Crippen molar-refractivity contribution in [2.45, 2.75) is 72.6 Å². The predicted molar refractivity (Wildman–Crippen MR) is 108 cm³/mol. The van der Waals surface area contributed by atoms with Gasteiger partial charge in [0.2, 0.25) is 0 Å². The van der Waals surface area contributed by atoms with Gasteiger partial charge in [0.05, 0.1) is 5.52 Å². The van der Waals surface area contributed by atoms with Crippen LogP contribution in [0.4, 0.5) is 0 Å². The Labute approximate surface area is 156 Å². The van der Waals surface area contributed by atoms with Crippen LogP contribution in [0, 0.1) is 12.3 Å². The minimum absolute atomic E-state index is 0.171. The lowest BCUT2D eigenvalue weighted by atomic mass is 9.67. The van der Waals surface area contributed by atoms with E-state index >= 15 is 0 Å². The van der Waals surface area contributed by atoms with Crippen LogP contribution in [0.3, 0.4) is 0 Å². The fourth-order valence-corrected chi connectivity index (χ4v) is 5.37. The van der Waals surface area contributed by atoms with E-state index in [9.17, 15) is 4.79 Å². The third-order valence-electron chi connectivity index (χ3n) is 6.83. The number of ketones is 1. The highest BCUT2D eigenvalue weighted by Crippen LogP contribution is 2.57. The minimum atomic E-state index is 0.171. The van der Waals surface area contributed by atoms with Crippen LogP contribution in [0.5, 0.6) is 0 Å². The molecule has 1 aromatic carbocycles. The second-order valence-corrected chi connectivity index (χ2v) is 8.23. The molecule has 1 atom stereocenters. The van der Waals surface area contributed by atoms with E-state index < -0.39 is 0 Å². The van der Waals surface area contributed by atoms with E-state index in [1.807, 2.05) is 6.20 Å². The van der Waals surface area contributed by atoms with Gasteiger partial charge in [0.25, 0.3) is 0 Å². The van der Waals surface area contributed by atoms with Gasteiger partial charge >= 0.3 is 0 Å². The summed E-state index contributed by atoms with van der Waals surface area (Å²) in [7, 11) is 0. The number of aromatic nitrogens is 1. The number of fused-ring (bicyclic) bond motifs is 4. The van der Waals surface area contributed by atoms with E-state index in [0.717, 1.165) is 30.4 Å². The molecular formula is C24H29NO. The van der Waals surface area contributed by atoms with E-state index in [0.29, 0.717) is 12.2 Å². The maximum Gasteiger partial charge on any atom is 0.158 e. The highest BCUT2D eigenvalue weighted by molar-refractivity contribution is 6.07. The Bertz CT molecular complexity index is 937. The van der Waals surface area contributed by atoms with Gasteiger partial charge in [0.15, 0.2) is 5.78 Å². The zero-order valence-corrected chi connectivity index (χ0v) is 16.5. The van der Waals surface area contributed by atoms with Crippen LogP contribution in [-0.4, -0.2) is 10.8 Å². The molecule has 1 heterocycles. The lowest BCUT2D eigenvalue weighted by molar-refractivity contribution is -0.116. The van der Waals surface area contributed by atoms with Crippen LogP contribution >= 0.6 is 0 Å². The summed E-state index contributed by atoms with van der Waals surface area (Å²) in [5.41, 5.74) is 9.18. The van der Waals surface area contributed by atoms with Crippen molar-refractivity contribution in [1.29, 1.82) is 0 Å². The lowest BCUT2D eigenvalue weighted by Crippen LogP contribution is -2.28. The first-order valence-electron chi connectivity index (χ1n) is 10.2. The van der Waals surface area contributed by atoms with E-state index in [-0.39, 0.29) is 5.41 Å². The molecule has 0 bridgehead atoms. The molecule has 0 radical (unpaired) electrons. The van der Waals surface area contributed by atoms with Crippen molar-refractivity contribution in [3.8, 4) is 0 Å². The minimum Gasteiger partial charge on any atom is -0.295 e. The molecule has 26 heavy (non-hydrogen) atoms. The number of hydrogen-bond donors (Lipinski definition) is 0. The number of carbonyl (C=O) groups is 1. The van der Waals surface area contributed by atoms with Crippen molar-refractivity contribution in [1.82, 2.24) is 4.98 Å². The first-order chi connectivity index (χ1) is 12.5. The van der Waals surface area contributed by atoms with Crippen molar-refractivity contribution in [2.24, 2.45) is 5.41 Å². The number of aryl methyl sites for hydroxylation is 2.